The van der Waals surface area contributed by atoms with Gasteiger partial charge in [0, 0.05) is 6.54 Å². The molecule has 0 aliphatic rings. The zero-order valence-electron chi connectivity index (χ0n) is 11.3. The average molecular weight is 314 g/mol. The molecular formula is C14H13F3N2O3. The fourth-order valence-electron chi connectivity index (χ4n) is 2.00. The molecule has 22 heavy (non-hydrogen) atoms. The number of esters is 1. The molecule has 2 rings (SSSR count). The van der Waals surface area contributed by atoms with E-state index in [9.17, 15) is 18.0 Å². The van der Waals surface area contributed by atoms with Crippen molar-refractivity contribution in [1.29, 1.82) is 0 Å². The summed E-state index contributed by atoms with van der Waals surface area (Å²) in [6.45, 7) is -0.365. The summed E-state index contributed by atoms with van der Waals surface area (Å²) in [5.74, 6) is -2.32. The minimum absolute atomic E-state index is 0.144. The Balaban J connectivity index is 2.21. The predicted octanol–water partition coefficient (Wildman–Crippen LogP) is 2.37. The van der Waals surface area contributed by atoms with E-state index in [0.29, 0.717) is 17.0 Å². The summed E-state index contributed by atoms with van der Waals surface area (Å²) in [4.78, 5) is 14.8. The number of aromatic nitrogens is 1. The molecule has 1 unspecified atom stereocenters. The molecule has 118 valence electrons. The van der Waals surface area contributed by atoms with Crippen LogP contribution in [-0.4, -0.2) is 23.7 Å². The fourth-order valence-corrected chi connectivity index (χ4v) is 2.00. The van der Waals surface area contributed by atoms with Crippen molar-refractivity contribution in [2.45, 2.75) is 18.7 Å². The van der Waals surface area contributed by atoms with Gasteiger partial charge in [0.05, 0.1) is 12.1 Å². The Hall–Kier alpha value is -2.35. The first-order chi connectivity index (χ1) is 10.4. The van der Waals surface area contributed by atoms with Gasteiger partial charge in [-0.3, -0.25) is 0 Å². The maximum absolute atomic E-state index is 12.2. The number of benzene rings is 1. The summed E-state index contributed by atoms with van der Waals surface area (Å²) in [6, 6.07) is 6.57. The summed E-state index contributed by atoms with van der Waals surface area (Å²) in [5.41, 5.74) is 6.71. The second kappa shape index (κ2) is 6.61. The molecule has 0 aliphatic heterocycles. The zero-order chi connectivity index (χ0) is 16.2. The van der Waals surface area contributed by atoms with Crippen LogP contribution in [0.5, 0.6) is 0 Å². The van der Waals surface area contributed by atoms with Crippen LogP contribution in [0, 0.1) is 0 Å². The Morgan fingerprint density at radius 2 is 2.09 bits per heavy atom. The molecule has 1 heterocycles. The van der Waals surface area contributed by atoms with E-state index in [-0.39, 0.29) is 6.54 Å². The molecule has 0 radical (unpaired) electrons. The van der Waals surface area contributed by atoms with Crippen molar-refractivity contribution in [3.8, 4) is 0 Å². The van der Waals surface area contributed by atoms with Gasteiger partial charge in [-0.05, 0) is 11.1 Å². The third-order valence-corrected chi connectivity index (χ3v) is 3.01. The molecular weight excluding hydrogens is 301 g/mol. The highest BCUT2D eigenvalue weighted by molar-refractivity contribution is 5.75. The van der Waals surface area contributed by atoms with E-state index in [1.807, 2.05) is 0 Å². The van der Waals surface area contributed by atoms with Crippen molar-refractivity contribution in [3.63, 3.8) is 0 Å². The van der Waals surface area contributed by atoms with Crippen molar-refractivity contribution >= 4 is 5.97 Å². The van der Waals surface area contributed by atoms with Crippen LogP contribution < -0.4 is 5.73 Å². The van der Waals surface area contributed by atoms with E-state index in [4.69, 9.17) is 10.2 Å². The largest absolute Gasteiger partial charge is 0.490 e. The Morgan fingerprint density at radius 3 is 2.68 bits per heavy atom. The van der Waals surface area contributed by atoms with Crippen LogP contribution in [0.1, 0.15) is 22.9 Å². The van der Waals surface area contributed by atoms with Crippen molar-refractivity contribution in [2.24, 2.45) is 5.73 Å². The van der Waals surface area contributed by atoms with Crippen molar-refractivity contribution in [1.82, 2.24) is 4.98 Å². The number of halogens is 3. The van der Waals surface area contributed by atoms with Gasteiger partial charge in [-0.1, -0.05) is 24.3 Å². The van der Waals surface area contributed by atoms with Crippen LogP contribution >= 0.6 is 0 Å². The molecule has 5 nitrogen and oxygen atoms in total. The van der Waals surface area contributed by atoms with E-state index in [1.54, 1.807) is 24.3 Å². The Morgan fingerprint density at radius 1 is 1.36 bits per heavy atom. The lowest BCUT2D eigenvalue weighted by Crippen LogP contribution is -2.25. The maximum Gasteiger partial charge on any atom is 0.490 e. The number of carbonyl (C=O) groups is 1. The van der Waals surface area contributed by atoms with Gasteiger partial charge >= 0.3 is 12.1 Å². The minimum atomic E-state index is -5.02. The van der Waals surface area contributed by atoms with Gasteiger partial charge in [0.1, 0.15) is 12.9 Å². The van der Waals surface area contributed by atoms with Gasteiger partial charge in [-0.2, -0.15) is 13.2 Å². The highest BCUT2D eigenvalue weighted by atomic mass is 19.4. The van der Waals surface area contributed by atoms with Gasteiger partial charge in [-0.25, -0.2) is 9.78 Å². The quantitative estimate of drug-likeness (QED) is 0.857. The maximum atomic E-state index is 12.2. The van der Waals surface area contributed by atoms with E-state index < -0.39 is 24.7 Å². The standard InChI is InChI=1S/C14H13F3N2O3/c15-14(16,17)13(20)22-8-9-3-1-2-4-10(9)11(7-18)12-19-5-6-21-12/h1-6,11H,7-8,18H2. The number of hydrogen-bond acceptors (Lipinski definition) is 5. The SMILES string of the molecule is NCC(c1ncco1)c1ccccc1COC(=O)C(F)(F)F. The topological polar surface area (TPSA) is 78.3 Å². The molecule has 0 fully saturated rings. The molecule has 0 spiro atoms. The van der Waals surface area contributed by atoms with Crippen molar-refractivity contribution < 1.29 is 27.1 Å². The molecule has 1 atom stereocenters. The molecule has 1 aromatic heterocycles. The lowest BCUT2D eigenvalue weighted by atomic mass is 9.94. The van der Waals surface area contributed by atoms with E-state index in [1.165, 1.54) is 12.5 Å². The van der Waals surface area contributed by atoms with E-state index in [2.05, 4.69) is 9.72 Å². The zero-order valence-corrected chi connectivity index (χ0v) is 11.3. The van der Waals surface area contributed by atoms with Crippen LogP contribution in [0.3, 0.4) is 0 Å². The number of carbonyl (C=O) groups excluding carboxylic acids is 1. The molecule has 0 aliphatic carbocycles. The highest BCUT2D eigenvalue weighted by Gasteiger charge is 2.41. The van der Waals surface area contributed by atoms with Gasteiger partial charge in [0.15, 0.2) is 0 Å². The van der Waals surface area contributed by atoms with Gasteiger partial charge in [-0.15, -0.1) is 0 Å². The first kappa shape index (κ1) is 16.0. The smallest absolute Gasteiger partial charge is 0.454 e. The Kier molecular flexibility index (Phi) is 4.81. The molecule has 1 aromatic carbocycles. The molecule has 0 amide bonds. The summed E-state index contributed by atoms with van der Waals surface area (Å²) in [6.07, 6.45) is -2.20. The average Bonchev–Trinajstić information content (AvgIpc) is 3.00. The normalized spacial score (nSPS) is 12.9. The summed E-state index contributed by atoms with van der Waals surface area (Å²) in [5, 5.41) is 0. The number of alkyl halides is 3. The fraction of sp³-hybridized carbons (Fsp3) is 0.286. The number of ether oxygens (including phenoxy) is 1. The number of oxazole rings is 1. The predicted molar refractivity (Wildman–Crippen MR) is 69.7 cm³/mol. The van der Waals surface area contributed by atoms with Gasteiger partial charge in [0.2, 0.25) is 5.89 Å². The van der Waals surface area contributed by atoms with Gasteiger partial charge in [0.25, 0.3) is 0 Å². The highest BCUT2D eigenvalue weighted by Crippen LogP contribution is 2.26. The van der Waals surface area contributed by atoms with Crippen molar-refractivity contribution in [3.05, 3.63) is 53.7 Å². The molecule has 2 aromatic rings. The lowest BCUT2D eigenvalue weighted by Gasteiger charge is -2.16. The van der Waals surface area contributed by atoms with Crippen molar-refractivity contribution in [2.75, 3.05) is 6.54 Å². The number of rotatable bonds is 5. The minimum Gasteiger partial charge on any atom is -0.454 e. The second-order valence-electron chi connectivity index (χ2n) is 4.43. The molecule has 0 bridgehead atoms. The summed E-state index contributed by atoms with van der Waals surface area (Å²) in [7, 11) is 0. The number of nitrogens with zero attached hydrogens (tertiary/aromatic N) is 1. The van der Waals surface area contributed by atoms with E-state index in [0.717, 1.165) is 0 Å². The second-order valence-corrected chi connectivity index (χ2v) is 4.43. The van der Waals surface area contributed by atoms with Crippen LogP contribution in [0.2, 0.25) is 0 Å². The molecule has 8 heteroatoms. The first-order valence-corrected chi connectivity index (χ1v) is 6.34. The third kappa shape index (κ3) is 3.64. The van der Waals surface area contributed by atoms with E-state index >= 15 is 0 Å². The Bertz CT molecular complexity index is 627. The summed E-state index contributed by atoms with van der Waals surface area (Å²) >= 11 is 0. The third-order valence-electron chi connectivity index (χ3n) is 3.01. The first-order valence-electron chi connectivity index (χ1n) is 6.34. The Labute approximate surface area is 123 Å². The monoisotopic (exact) mass is 314 g/mol. The number of nitrogens with two attached hydrogens (primary N) is 1. The van der Waals surface area contributed by atoms with Crippen LogP contribution in [0.25, 0.3) is 0 Å². The number of hydrogen-bond donors (Lipinski definition) is 1. The summed E-state index contributed by atoms with van der Waals surface area (Å²) < 4.78 is 46.0. The lowest BCUT2D eigenvalue weighted by molar-refractivity contribution is -0.201. The van der Waals surface area contributed by atoms with Crippen LogP contribution in [0.15, 0.2) is 41.1 Å². The molecule has 2 N–H and O–H groups in total. The van der Waals surface area contributed by atoms with Gasteiger partial charge < -0.3 is 14.9 Å². The van der Waals surface area contributed by atoms with Crippen LogP contribution in [-0.2, 0) is 16.1 Å². The molecule has 0 saturated heterocycles. The molecule has 0 saturated carbocycles. The van der Waals surface area contributed by atoms with Crippen LogP contribution in [0.4, 0.5) is 13.2 Å².